The molecule has 3 heteroatoms. The second-order valence-corrected chi connectivity index (χ2v) is 5.42. The van der Waals surface area contributed by atoms with Crippen molar-refractivity contribution >= 4 is 0 Å². The Labute approximate surface area is 116 Å². The summed E-state index contributed by atoms with van der Waals surface area (Å²) in [6.07, 6.45) is 3.82. The van der Waals surface area contributed by atoms with Gasteiger partial charge in [0.05, 0.1) is 7.11 Å². The number of ether oxygens (including phenoxy) is 1. The lowest BCUT2D eigenvalue weighted by Crippen LogP contribution is -2.37. The summed E-state index contributed by atoms with van der Waals surface area (Å²) in [7, 11) is 1.72. The summed E-state index contributed by atoms with van der Waals surface area (Å²) in [4.78, 5) is 2.58. The van der Waals surface area contributed by atoms with E-state index >= 15 is 0 Å². The van der Waals surface area contributed by atoms with Crippen LogP contribution in [0, 0.1) is 6.92 Å². The molecule has 2 N–H and O–H groups in total. The number of benzene rings is 1. The van der Waals surface area contributed by atoms with Crippen LogP contribution >= 0.6 is 0 Å². The van der Waals surface area contributed by atoms with Crippen LogP contribution in [0.4, 0.5) is 0 Å². The summed E-state index contributed by atoms with van der Waals surface area (Å²) < 4.78 is 5.34. The van der Waals surface area contributed by atoms with Gasteiger partial charge in [-0.05, 0) is 49.9 Å². The quantitative estimate of drug-likeness (QED) is 0.886. The van der Waals surface area contributed by atoms with E-state index in [4.69, 9.17) is 10.5 Å². The van der Waals surface area contributed by atoms with Gasteiger partial charge < -0.3 is 10.5 Å². The molecule has 1 aromatic carbocycles. The first-order chi connectivity index (χ1) is 9.21. The van der Waals surface area contributed by atoms with Crippen molar-refractivity contribution in [2.75, 3.05) is 20.2 Å². The fourth-order valence-corrected chi connectivity index (χ4v) is 3.28. The molecule has 1 heterocycles. The molecule has 2 atom stereocenters. The van der Waals surface area contributed by atoms with E-state index in [-0.39, 0.29) is 0 Å². The molecule has 1 aliphatic heterocycles. The predicted octanol–water partition coefficient (Wildman–Crippen LogP) is 2.88. The van der Waals surface area contributed by atoms with Crippen LogP contribution in [0.25, 0.3) is 0 Å². The second kappa shape index (κ2) is 6.40. The van der Waals surface area contributed by atoms with E-state index in [1.165, 1.54) is 36.9 Å². The van der Waals surface area contributed by atoms with Gasteiger partial charge in [-0.2, -0.15) is 0 Å². The first-order valence-electron chi connectivity index (χ1n) is 7.31. The number of hydrogen-bond donors (Lipinski definition) is 1. The highest BCUT2D eigenvalue weighted by atomic mass is 16.5. The van der Waals surface area contributed by atoms with Gasteiger partial charge in [0, 0.05) is 18.6 Å². The molecular formula is C16H26N2O. The van der Waals surface area contributed by atoms with E-state index in [1.807, 2.05) is 0 Å². The zero-order valence-electron chi connectivity index (χ0n) is 12.4. The van der Waals surface area contributed by atoms with Crippen LogP contribution in [0.5, 0.6) is 5.75 Å². The van der Waals surface area contributed by atoms with Crippen molar-refractivity contribution in [3.8, 4) is 5.75 Å². The third-order valence-electron chi connectivity index (χ3n) is 4.32. The Morgan fingerprint density at radius 1 is 1.47 bits per heavy atom. The van der Waals surface area contributed by atoms with Gasteiger partial charge in [0.15, 0.2) is 0 Å². The van der Waals surface area contributed by atoms with Crippen LogP contribution in [0.3, 0.4) is 0 Å². The number of methoxy groups -OCH3 is 1. The van der Waals surface area contributed by atoms with Crippen molar-refractivity contribution < 1.29 is 4.74 Å². The third-order valence-corrected chi connectivity index (χ3v) is 4.32. The molecule has 0 aromatic heterocycles. The Morgan fingerprint density at radius 2 is 2.26 bits per heavy atom. The molecule has 0 spiro atoms. The SMILES string of the molecule is CCC1CCCN1C(CN)c1ccc(OC)c(C)c1. The predicted molar refractivity (Wildman–Crippen MR) is 79.5 cm³/mol. The minimum absolute atomic E-state index is 0.344. The molecule has 106 valence electrons. The highest BCUT2D eigenvalue weighted by Crippen LogP contribution is 2.32. The first kappa shape index (κ1) is 14.4. The lowest BCUT2D eigenvalue weighted by Gasteiger charge is -2.32. The Morgan fingerprint density at radius 3 is 2.84 bits per heavy atom. The molecular weight excluding hydrogens is 236 g/mol. The smallest absolute Gasteiger partial charge is 0.121 e. The number of aryl methyl sites for hydroxylation is 1. The molecule has 0 amide bonds. The Balaban J connectivity index is 2.24. The fourth-order valence-electron chi connectivity index (χ4n) is 3.28. The molecule has 0 bridgehead atoms. The van der Waals surface area contributed by atoms with Crippen LogP contribution in [-0.4, -0.2) is 31.1 Å². The van der Waals surface area contributed by atoms with E-state index in [0.29, 0.717) is 18.6 Å². The maximum Gasteiger partial charge on any atom is 0.121 e. The van der Waals surface area contributed by atoms with Crippen LogP contribution < -0.4 is 10.5 Å². The minimum atomic E-state index is 0.344. The molecule has 2 unspecified atom stereocenters. The summed E-state index contributed by atoms with van der Waals surface area (Å²) in [6.45, 7) is 6.22. The fraction of sp³-hybridized carbons (Fsp3) is 0.625. The van der Waals surface area contributed by atoms with Crippen LogP contribution in [0.1, 0.15) is 43.4 Å². The molecule has 1 fully saturated rings. The molecule has 1 aromatic rings. The molecule has 19 heavy (non-hydrogen) atoms. The average molecular weight is 262 g/mol. The largest absolute Gasteiger partial charge is 0.496 e. The van der Waals surface area contributed by atoms with E-state index in [0.717, 1.165) is 5.75 Å². The number of hydrogen-bond acceptors (Lipinski definition) is 3. The van der Waals surface area contributed by atoms with Crippen LogP contribution in [-0.2, 0) is 0 Å². The molecule has 2 rings (SSSR count). The van der Waals surface area contributed by atoms with Gasteiger partial charge in [0.2, 0.25) is 0 Å². The highest BCUT2D eigenvalue weighted by molar-refractivity contribution is 5.37. The number of rotatable bonds is 5. The van der Waals surface area contributed by atoms with Crippen LogP contribution in [0.2, 0.25) is 0 Å². The number of likely N-dealkylation sites (tertiary alicyclic amines) is 1. The van der Waals surface area contributed by atoms with Crippen molar-refractivity contribution in [1.29, 1.82) is 0 Å². The topological polar surface area (TPSA) is 38.5 Å². The molecule has 1 aliphatic rings. The lowest BCUT2D eigenvalue weighted by molar-refractivity contribution is 0.180. The van der Waals surface area contributed by atoms with Gasteiger partial charge in [-0.25, -0.2) is 0 Å². The summed E-state index contributed by atoms with van der Waals surface area (Å²) in [5.41, 5.74) is 8.56. The van der Waals surface area contributed by atoms with E-state index in [2.05, 4.69) is 36.9 Å². The number of nitrogens with zero attached hydrogens (tertiary/aromatic N) is 1. The Bertz CT molecular complexity index is 419. The Hall–Kier alpha value is -1.06. The monoisotopic (exact) mass is 262 g/mol. The maximum atomic E-state index is 6.05. The maximum absolute atomic E-state index is 6.05. The summed E-state index contributed by atoms with van der Waals surface area (Å²) >= 11 is 0. The van der Waals surface area contributed by atoms with Crippen molar-refractivity contribution in [3.63, 3.8) is 0 Å². The zero-order chi connectivity index (χ0) is 13.8. The van der Waals surface area contributed by atoms with Crippen molar-refractivity contribution in [2.24, 2.45) is 5.73 Å². The molecule has 0 saturated carbocycles. The van der Waals surface area contributed by atoms with E-state index in [1.54, 1.807) is 7.11 Å². The van der Waals surface area contributed by atoms with Gasteiger partial charge >= 0.3 is 0 Å². The van der Waals surface area contributed by atoms with E-state index < -0.39 is 0 Å². The standard InChI is InChI=1S/C16H26N2O/c1-4-14-6-5-9-18(14)15(11-17)13-7-8-16(19-3)12(2)10-13/h7-8,10,14-15H,4-6,9,11,17H2,1-3H3. The highest BCUT2D eigenvalue weighted by Gasteiger charge is 2.29. The van der Waals surface area contributed by atoms with E-state index in [9.17, 15) is 0 Å². The first-order valence-corrected chi connectivity index (χ1v) is 7.31. The Kier molecular flexibility index (Phi) is 4.83. The molecule has 0 radical (unpaired) electrons. The lowest BCUT2D eigenvalue weighted by atomic mass is 10.0. The van der Waals surface area contributed by atoms with Gasteiger partial charge in [-0.3, -0.25) is 4.90 Å². The van der Waals surface area contributed by atoms with Crippen molar-refractivity contribution in [1.82, 2.24) is 4.90 Å². The van der Waals surface area contributed by atoms with Gasteiger partial charge in [0.1, 0.15) is 5.75 Å². The van der Waals surface area contributed by atoms with Gasteiger partial charge in [-0.15, -0.1) is 0 Å². The molecule has 3 nitrogen and oxygen atoms in total. The number of nitrogens with two attached hydrogens (primary N) is 1. The second-order valence-electron chi connectivity index (χ2n) is 5.42. The molecule has 1 saturated heterocycles. The summed E-state index contributed by atoms with van der Waals surface area (Å²) in [5, 5.41) is 0. The van der Waals surface area contributed by atoms with Crippen LogP contribution in [0.15, 0.2) is 18.2 Å². The van der Waals surface area contributed by atoms with Gasteiger partial charge in [-0.1, -0.05) is 19.1 Å². The zero-order valence-corrected chi connectivity index (χ0v) is 12.4. The minimum Gasteiger partial charge on any atom is -0.496 e. The normalized spacial score (nSPS) is 21.6. The molecule has 0 aliphatic carbocycles. The third kappa shape index (κ3) is 2.93. The van der Waals surface area contributed by atoms with Crippen molar-refractivity contribution in [2.45, 2.75) is 45.2 Å². The van der Waals surface area contributed by atoms with Crippen molar-refractivity contribution in [3.05, 3.63) is 29.3 Å². The average Bonchev–Trinajstić information content (AvgIpc) is 2.88. The summed E-state index contributed by atoms with van der Waals surface area (Å²) in [6, 6.07) is 7.48. The summed E-state index contributed by atoms with van der Waals surface area (Å²) in [5.74, 6) is 0.952. The van der Waals surface area contributed by atoms with Gasteiger partial charge in [0.25, 0.3) is 0 Å².